The van der Waals surface area contributed by atoms with Crippen LogP contribution in [-0.4, -0.2) is 30.5 Å². The number of anilines is 1. The molecular formula is C28H24N2O5. The van der Waals surface area contributed by atoms with Gasteiger partial charge in [0.15, 0.2) is 0 Å². The first-order chi connectivity index (χ1) is 17.0. The number of carbonyl (C=O) groups excluding carboxylic acids is 2. The predicted octanol–water partition coefficient (Wildman–Crippen LogP) is 4.98. The Morgan fingerprint density at radius 2 is 1.60 bits per heavy atom. The highest BCUT2D eigenvalue weighted by molar-refractivity contribution is 6.51. The third-order valence-electron chi connectivity index (χ3n) is 5.75. The van der Waals surface area contributed by atoms with Crippen LogP contribution in [0.2, 0.25) is 0 Å². The minimum Gasteiger partial charge on any atom is -0.507 e. The van der Waals surface area contributed by atoms with Crippen molar-refractivity contribution in [3.05, 3.63) is 95.1 Å². The van der Waals surface area contributed by atoms with E-state index in [1.165, 1.54) is 12.0 Å². The Morgan fingerprint density at radius 3 is 2.17 bits per heavy atom. The fourth-order valence-corrected chi connectivity index (χ4v) is 3.98. The van der Waals surface area contributed by atoms with Crippen LogP contribution >= 0.6 is 0 Å². The normalized spacial score (nSPS) is 16.7. The third kappa shape index (κ3) is 4.59. The first-order valence-electron chi connectivity index (χ1n) is 11.2. The Hall–Kier alpha value is -4.57. The summed E-state index contributed by atoms with van der Waals surface area (Å²) in [6.45, 7) is 2.58. The Morgan fingerprint density at radius 1 is 0.971 bits per heavy atom. The van der Waals surface area contributed by atoms with Gasteiger partial charge in [-0.25, -0.2) is 0 Å². The molecule has 0 spiro atoms. The van der Waals surface area contributed by atoms with Crippen LogP contribution in [0.15, 0.2) is 78.4 Å². The quantitative estimate of drug-likeness (QED) is 0.298. The molecule has 7 heteroatoms. The molecule has 1 amide bonds. The largest absolute Gasteiger partial charge is 0.507 e. The number of methoxy groups -OCH3 is 1. The molecule has 4 rings (SSSR count). The number of amides is 1. The topological polar surface area (TPSA) is 99.9 Å². The van der Waals surface area contributed by atoms with Crippen LogP contribution in [0.25, 0.3) is 5.76 Å². The molecule has 1 unspecified atom stereocenters. The van der Waals surface area contributed by atoms with E-state index >= 15 is 0 Å². The van der Waals surface area contributed by atoms with Crippen LogP contribution in [0.1, 0.15) is 36.1 Å². The molecule has 1 N–H and O–H groups in total. The van der Waals surface area contributed by atoms with Crippen molar-refractivity contribution < 1.29 is 24.2 Å². The van der Waals surface area contributed by atoms with Gasteiger partial charge in [-0.05, 0) is 72.6 Å². The van der Waals surface area contributed by atoms with Gasteiger partial charge in [-0.15, -0.1) is 0 Å². The molecule has 7 nitrogen and oxygen atoms in total. The molecule has 0 bridgehead atoms. The molecule has 1 atom stereocenters. The van der Waals surface area contributed by atoms with Gasteiger partial charge in [0.1, 0.15) is 17.3 Å². The molecule has 1 fully saturated rings. The first-order valence-corrected chi connectivity index (χ1v) is 11.2. The SMILES string of the molecule is CCCOc1ccc(C2/C(=C(\O)c3ccc(OC)cc3)C(=O)C(=O)N2c2ccc(C#N)cc2)cc1. The van der Waals surface area contributed by atoms with Crippen LogP contribution in [-0.2, 0) is 9.59 Å². The number of hydrogen-bond acceptors (Lipinski definition) is 6. The van der Waals surface area contributed by atoms with Gasteiger partial charge < -0.3 is 14.6 Å². The second-order valence-electron chi connectivity index (χ2n) is 7.97. The van der Waals surface area contributed by atoms with E-state index in [4.69, 9.17) is 14.7 Å². The molecule has 1 aliphatic rings. The number of nitriles is 1. The highest BCUT2D eigenvalue weighted by Crippen LogP contribution is 2.42. The molecule has 176 valence electrons. The van der Waals surface area contributed by atoms with Crippen LogP contribution in [0.5, 0.6) is 11.5 Å². The second-order valence-corrected chi connectivity index (χ2v) is 7.97. The number of Topliss-reactive ketones (excluding diaryl/α,β-unsaturated/α-hetero) is 1. The standard InChI is InChI=1S/C28H24N2O5/c1-3-16-35-23-14-6-19(7-15-23)25-24(26(31)20-8-12-22(34-2)13-9-20)27(32)28(33)30(25)21-10-4-18(17-29)5-11-21/h4-15,25,31H,3,16H2,1-2H3/b26-24+. The van der Waals surface area contributed by atoms with Crippen LogP contribution < -0.4 is 14.4 Å². The first kappa shape index (κ1) is 23.6. The molecule has 1 heterocycles. The lowest BCUT2D eigenvalue weighted by molar-refractivity contribution is -0.132. The summed E-state index contributed by atoms with van der Waals surface area (Å²) >= 11 is 0. The lowest BCUT2D eigenvalue weighted by Crippen LogP contribution is -2.29. The summed E-state index contributed by atoms with van der Waals surface area (Å²) in [4.78, 5) is 27.8. The molecule has 0 saturated carbocycles. The van der Waals surface area contributed by atoms with Crippen molar-refractivity contribution in [1.82, 2.24) is 0 Å². The Bertz CT molecular complexity index is 1300. The molecule has 1 saturated heterocycles. The van der Waals surface area contributed by atoms with Crippen LogP contribution in [0, 0.1) is 11.3 Å². The lowest BCUT2D eigenvalue weighted by Gasteiger charge is -2.25. The molecule has 1 aliphatic heterocycles. The molecule has 0 aromatic heterocycles. The van der Waals surface area contributed by atoms with Crippen molar-refractivity contribution in [1.29, 1.82) is 5.26 Å². The Kier molecular flexibility index (Phi) is 6.83. The number of nitrogens with zero attached hydrogens (tertiary/aromatic N) is 2. The second kappa shape index (κ2) is 10.1. The molecule has 0 aliphatic carbocycles. The molecule has 0 radical (unpaired) electrons. The molecule has 3 aromatic carbocycles. The van der Waals surface area contributed by atoms with E-state index in [9.17, 15) is 14.7 Å². The zero-order chi connectivity index (χ0) is 24.9. The number of ether oxygens (including phenoxy) is 2. The summed E-state index contributed by atoms with van der Waals surface area (Å²) < 4.78 is 10.8. The number of hydrogen-bond donors (Lipinski definition) is 1. The van der Waals surface area contributed by atoms with Crippen molar-refractivity contribution in [2.24, 2.45) is 0 Å². The maximum absolute atomic E-state index is 13.2. The van der Waals surface area contributed by atoms with Gasteiger partial charge in [0, 0.05) is 11.3 Å². The summed E-state index contributed by atoms with van der Waals surface area (Å²) in [7, 11) is 1.53. The van der Waals surface area contributed by atoms with Gasteiger partial charge in [0.05, 0.1) is 37.0 Å². The van der Waals surface area contributed by atoms with Gasteiger partial charge in [-0.3, -0.25) is 14.5 Å². The monoisotopic (exact) mass is 468 g/mol. The highest BCUT2D eigenvalue weighted by Gasteiger charge is 2.47. The van der Waals surface area contributed by atoms with E-state index in [0.29, 0.717) is 40.5 Å². The van der Waals surface area contributed by atoms with Crippen molar-refractivity contribution in [3.63, 3.8) is 0 Å². The van der Waals surface area contributed by atoms with E-state index < -0.39 is 17.7 Å². The van der Waals surface area contributed by atoms with E-state index in [1.807, 2.05) is 13.0 Å². The maximum atomic E-state index is 13.2. The molecule has 3 aromatic rings. The van der Waals surface area contributed by atoms with Gasteiger partial charge in [-0.2, -0.15) is 5.26 Å². The third-order valence-corrected chi connectivity index (χ3v) is 5.75. The maximum Gasteiger partial charge on any atom is 0.300 e. The summed E-state index contributed by atoms with van der Waals surface area (Å²) in [6, 6.07) is 21.3. The smallest absolute Gasteiger partial charge is 0.300 e. The number of rotatable bonds is 7. The van der Waals surface area contributed by atoms with Crippen LogP contribution in [0.3, 0.4) is 0 Å². The number of ketones is 1. The van der Waals surface area contributed by atoms with Crippen molar-refractivity contribution in [2.45, 2.75) is 19.4 Å². The molecule has 35 heavy (non-hydrogen) atoms. The number of benzene rings is 3. The Balaban J connectivity index is 1.85. The highest BCUT2D eigenvalue weighted by atomic mass is 16.5. The minimum absolute atomic E-state index is 0.0215. The van der Waals surface area contributed by atoms with Crippen LogP contribution in [0.4, 0.5) is 5.69 Å². The zero-order valence-corrected chi connectivity index (χ0v) is 19.4. The van der Waals surface area contributed by atoms with Crippen molar-refractivity contribution in [3.8, 4) is 17.6 Å². The van der Waals surface area contributed by atoms with E-state index in [2.05, 4.69) is 0 Å². The van der Waals surface area contributed by atoms with Gasteiger partial charge >= 0.3 is 0 Å². The minimum atomic E-state index is -0.870. The fraction of sp³-hybridized carbons (Fsp3) is 0.179. The van der Waals surface area contributed by atoms with Crippen molar-refractivity contribution >= 4 is 23.1 Å². The van der Waals surface area contributed by atoms with Gasteiger partial charge in [-0.1, -0.05) is 19.1 Å². The number of aliphatic hydroxyl groups excluding tert-OH is 1. The predicted molar refractivity (Wildman–Crippen MR) is 131 cm³/mol. The summed E-state index contributed by atoms with van der Waals surface area (Å²) in [5, 5.41) is 20.3. The van der Waals surface area contributed by atoms with E-state index in [1.54, 1.807) is 72.8 Å². The molecular weight excluding hydrogens is 444 g/mol. The number of carbonyl (C=O) groups is 2. The van der Waals surface area contributed by atoms with E-state index in [0.717, 1.165) is 6.42 Å². The average Bonchev–Trinajstić information content (AvgIpc) is 3.17. The number of aliphatic hydroxyl groups is 1. The summed E-state index contributed by atoms with van der Waals surface area (Å²) in [5.74, 6) is -0.571. The fourth-order valence-electron chi connectivity index (χ4n) is 3.98. The summed E-state index contributed by atoms with van der Waals surface area (Å²) in [6.07, 6.45) is 0.864. The van der Waals surface area contributed by atoms with Crippen molar-refractivity contribution in [2.75, 3.05) is 18.6 Å². The lowest BCUT2D eigenvalue weighted by atomic mass is 9.95. The van der Waals surface area contributed by atoms with E-state index in [-0.39, 0.29) is 11.3 Å². The summed E-state index contributed by atoms with van der Waals surface area (Å²) in [5.41, 5.74) is 1.87. The Labute approximate surface area is 203 Å². The zero-order valence-electron chi connectivity index (χ0n) is 19.4. The van der Waals surface area contributed by atoms with Gasteiger partial charge in [0.25, 0.3) is 11.7 Å². The van der Waals surface area contributed by atoms with Gasteiger partial charge in [0.2, 0.25) is 0 Å². The average molecular weight is 469 g/mol.